The maximum absolute atomic E-state index is 12.2. The van der Waals surface area contributed by atoms with Crippen LogP contribution in [0.1, 0.15) is 35.7 Å². The van der Waals surface area contributed by atoms with E-state index in [4.69, 9.17) is 4.74 Å². The fourth-order valence-electron chi connectivity index (χ4n) is 3.80. The molecule has 1 aliphatic heterocycles. The Labute approximate surface area is 184 Å². The highest BCUT2D eigenvalue weighted by atomic mass is 79.9. The molecule has 8 heteroatoms. The normalized spacial score (nSPS) is 14.8. The van der Waals surface area contributed by atoms with Gasteiger partial charge in [0.15, 0.2) is 5.65 Å². The van der Waals surface area contributed by atoms with Gasteiger partial charge in [-0.3, -0.25) is 4.79 Å². The van der Waals surface area contributed by atoms with E-state index in [1.165, 1.54) is 0 Å². The Kier molecular flexibility index (Phi) is 6.34. The zero-order valence-corrected chi connectivity index (χ0v) is 18.8. The molecule has 1 fully saturated rings. The summed E-state index contributed by atoms with van der Waals surface area (Å²) in [5.74, 6) is 0.546. The number of nitrogens with one attached hydrogen (secondary N) is 2. The van der Waals surface area contributed by atoms with E-state index in [-0.39, 0.29) is 5.91 Å². The van der Waals surface area contributed by atoms with Gasteiger partial charge in [0.25, 0.3) is 5.91 Å². The highest BCUT2D eigenvalue weighted by molar-refractivity contribution is 9.10. The number of anilines is 1. The molecule has 7 nitrogen and oxygen atoms in total. The number of aromatic nitrogens is 3. The van der Waals surface area contributed by atoms with Crippen molar-refractivity contribution in [1.82, 2.24) is 19.9 Å². The van der Waals surface area contributed by atoms with Crippen LogP contribution >= 0.6 is 15.9 Å². The third-order valence-corrected chi connectivity index (χ3v) is 5.85. The van der Waals surface area contributed by atoms with Crippen molar-refractivity contribution in [2.75, 3.05) is 31.6 Å². The van der Waals surface area contributed by atoms with E-state index in [1.54, 1.807) is 0 Å². The molecule has 2 N–H and O–H groups in total. The quantitative estimate of drug-likeness (QED) is 0.566. The molecule has 0 saturated carbocycles. The summed E-state index contributed by atoms with van der Waals surface area (Å²) in [6.45, 7) is 7.02. The lowest BCUT2D eigenvalue weighted by molar-refractivity contribution is 0.0699. The summed E-state index contributed by atoms with van der Waals surface area (Å²) in [4.78, 5) is 16.8. The molecular formula is C22H26BrN5O2. The molecule has 0 spiro atoms. The number of imidazole rings is 1. The minimum Gasteiger partial charge on any atom is -0.382 e. The predicted octanol–water partition coefficient (Wildman–Crippen LogP) is 4.06. The second-order valence-electron chi connectivity index (χ2n) is 7.59. The number of aryl methyl sites for hydroxylation is 1. The first-order valence-corrected chi connectivity index (χ1v) is 11.1. The predicted molar refractivity (Wildman–Crippen MR) is 121 cm³/mol. The van der Waals surface area contributed by atoms with Gasteiger partial charge in [-0.15, -0.1) is 0 Å². The number of rotatable bonds is 6. The summed E-state index contributed by atoms with van der Waals surface area (Å²) in [6, 6.07) is 7.77. The van der Waals surface area contributed by atoms with Crippen molar-refractivity contribution >= 4 is 33.2 Å². The molecule has 3 aromatic rings. The zero-order valence-electron chi connectivity index (χ0n) is 17.2. The smallest absolute Gasteiger partial charge is 0.251 e. The van der Waals surface area contributed by atoms with E-state index >= 15 is 0 Å². The van der Waals surface area contributed by atoms with Crippen LogP contribution in [-0.4, -0.2) is 46.8 Å². The van der Waals surface area contributed by atoms with E-state index in [2.05, 4.69) is 36.6 Å². The minimum atomic E-state index is -0.0554. The lowest BCUT2D eigenvalue weighted by Gasteiger charge is -2.22. The number of carbonyl (C=O) groups excluding carboxylic acids is 1. The molecule has 0 radical (unpaired) electrons. The molecule has 0 bridgehead atoms. The lowest BCUT2D eigenvalue weighted by Crippen LogP contribution is -2.23. The van der Waals surface area contributed by atoms with Gasteiger partial charge < -0.3 is 15.4 Å². The second-order valence-corrected chi connectivity index (χ2v) is 8.40. The number of halogens is 1. The summed E-state index contributed by atoms with van der Waals surface area (Å²) < 4.78 is 8.03. The van der Waals surface area contributed by atoms with Crippen LogP contribution in [0.2, 0.25) is 0 Å². The minimum absolute atomic E-state index is 0.0554. The molecule has 1 aliphatic rings. The molecule has 158 valence electrons. The highest BCUT2D eigenvalue weighted by Crippen LogP contribution is 2.28. The van der Waals surface area contributed by atoms with Crippen LogP contribution in [0, 0.1) is 12.8 Å². The van der Waals surface area contributed by atoms with Crippen molar-refractivity contribution in [2.45, 2.75) is 26.7 Å². The van der Waals surface area contributed by atoms with Crippen LogP contribution in [0.5, 0.6) is 0 Å². The van der Waals surface area contributed by atoms with Gasteiger partial charge in [0.05, 0.1) is 17.6 Å². The first-order valence-electron chi connectivity index (χ1n) is 10.3. The summed E-state index contributed by atoms with van der Waals surface area (Å²) >= 11 is 3.53. The van der Waals surface area contributed by atoms with Crippen LogP contribution in [0.3, 0.4) is 0 Å². The van der Waals surface area contributed by atoms with Crippen LogP contribution in [0.25, 0.3) is 16.9 Å². The van der Waals surface area contributed by atoms with Gasteiger partial charge >= 0.3 is 0 Å². The number of benzene rings is 1. The first kappa shape index (κ1) is 20.8. The van der Waals surface area contributed by atoms with Gasteiger partial charge in [-0.25, -0.2) is 9.50 Å². The number of fused-ring (bicyclic) bond motifs is 1. The Balaban J connectivity index is 1.63. The van der Waals surface area contributed by atoms with Gasteiger partial charge in [0, 0.05) is 37.4 Å². The molecule has 0 atom stereocenters. The maximum Gasteiger partial charge on any atom is 0.251 e. The van der Waals surface area contributed by atoms with Gasteiger partial charge in [-0.1, -0.05) is 6.07 Å². The average Bonchev–Trinajstić information content (AvgIpc) is 3.16. The number of nitrogens with zero attached hydrogens (tertiary/aromatic N) is 3. The molecule has 0 unspecified atom stereocenters. The fourth-order valence-corrected chi connectivity index (χ4v) is 4.19. The summed E-state index contributed by atoms with van der Waals surface area (Å²) in [5.41, 5.74) is 5.18. The van der Waals surface area contributed by atoms with Crippen LogP contribution in [-0.2, 0) is 4.74 Å². The van der Waals surface area contributed by atoms with Crippen molar-refractivity contribution < 1.29 is 9.53 Å². The van der Waals surface area contributed by atoms with Gasteiger partial charge in [-0.05, 0) is 72.3 Å². The van der Waals surface area contributed by atoms with Gasteiger partial charge in [0.1, 0.15) is 4.60 Å². The zero-order chi connectivity index (χ0) is 21.1. The molecule has 1 aromatic carbocycles. The van der Waals surface area contributed by atoms with Crippen molar-refractivity contribution in [3.05, 3.63) is 46.2 Å². The van der Waals surface area contributed by atoms with E-state index in [9.17, 15) is 4.79 Å². The number of amides is 1. The topological polar surface area (TPSA) is 80.5 Å². The molecule has 4 rings (SSSR count). The number of hydrogen-bond acceptors (Lipinski definition) is 5. The number of carbonyl (C=O) groups is 1. The standard InChI is InChI=1S/C22H26BrN5O2/c1-3-24-22(29)17-5-4-16(10-14(17)2)19-13-26-21-18(11-20(23)27-28(19)21)25-12-15-6-8-30-9-7-15/h4-5,10-11,13,15,25H,3,6-9,12H2,1-2H3,(H,24,29). The second kappa shape index (κ2) is 9.14. The molecule has 0 aliphatic carbocycles. The monoisotopic (exact) mass is 471 g/mol. The fraction of sp³-hybridized carbons (Fsp3) is 0.409. The van der Waals surface area contributed by atoms with Gasteiger partial charge in [-0.2, -0.15) is 5.10 Å². The van der Waals surface area contributed by atoms with Crippen molar-refractivity contribution in [1.29, 1.82) is 0 Å². The molecule has 1 amide bonds. The van der Waals surface area contributed by atoms with Crippen LogP contribution in [0.4, 0.5) is 5.69 Å². The highest BCUT2D eigenvalue weighted by Gasteiger charge is 2.17. The van der Waals surface area contributed by atoms with E-state index < -0.39 is 0 Å². The Morgan fingerprint density at radius 3 is 2.83 bits per heavy atom. The molecule has 3 heterocycles. The molecule has 2 aromatic heterocycles. The Morgan fingerprint density at radius 1 is 1.30 bits per heavy atom. The average molecular weight is 472 g/mol. The van der Waals surface area contributed by atoms with Crippen molar-refractivity contribution in [3.63, 3.8) is 0 Å². The third-order valence-electron chi connectivity index (χ3n) is 5.46. The Morgan fingerprint density at radius 2 is 2.10 bits per heavy atom. The van der Waals surface area contributed by atoms with Gasteiger partial charge in [0.2, 0.25) is 0 Å². The Bertz CT molecular complexity index is 1060. The summed E-state index contributed by atoms with van der Waals surface area (Å²) in [5, 5.41) is 11.0. The molecular weight excluding hydrogens is 446 g/mol. The molecule has 30 heavy (non-hydrogen) atoms. The third kappa shape index (κ3) is 4.34. The summed E-state index contributed by atoms with van der Waals surface area (Å²) in [6.07, 6.45) is 3.98. The van der Waals surface area contributed by atoms with E-state index in [1.807, 2.05) is 48.8 Å². The van der Waals surface area contributed by atoms with E-state index in [0.29, 0.717) is 18.0 Å². The van der Waals surface area contributed by atoms with Crippen molar-refractivity contribution in [3.8, 4) is 11.3 Å². The van der Waals surface area contributed by atoms with Crippen LogP contribution in [0.15, 0.2) is 35.1 Å². The first-order chi connectivity index (χ1) is 14.6. The number of hydrogen-bond donors (Lipinski definition) is 2. The largest absolute Gasteiger partial charge is 0.382 e. The lowest BCUT2D eigenvalue weighted by atomic mass is 10.0. The van der Waals surface area contributed by atoms with Crippen molar-refractivity contribution in [2.24, 2.45) is 5.92 Å². The summed E-state index contributed by atoms with van der Waals surface area (Å²) in [7, 11) is 0. The SMILES string of the molecule is CCNC(=O)c1ccc(-c2cnc3c(NCC4CCOCC4)cc(Br)nn23)cc1C. The van der Waals surface area contributed by atoms with Crippen LogP contribution < -0.4 is 10.6 Å². The van der Waals surface area contributed by atoms with E-state index in [0.717, 1.165) is 65.4 Å². The Hall–Kier alpha value is -2.45. The maximum atomic E-state index is 12.2. The molecule has 1 saturated heterocycles. The number of ether oxygens (including phenoxy) is 1.